The van der Waals surface area contributed by atoms with Gasteiger partial charge in [0.05, 0.1) is 5.56 Å². The molecule has 0 saturated carbocycles. The smallest absolute Gasteiger partial charge is 0.153 e. The van der Waals surface area contributed by atoms with Crippen LogP contribution < -0.4 is 4.74 Å². The lowest BCUT2D eigenvalue weighted by Crippen LogP contribution is -2.03. The summed E-state index contributed by atoms with van der Waals surface area (Å²) in [5, 5.41) is 0. The maximum absolute atomic E-state index is 11.9. The van der Waals surface area contributed by atoms with Crippen LogP contribution in [0.5, 0.6) is 5.75 Å². The van der Waals surface area contributed by atoms with Crippen LogP contribution in [-0.4, -0.2) is 19.6 Å². The number of alkyl halides is 1. The molecule has 0 aromatic heterocycles. The normalized spacial score (nSPS) is 9.93. The Balaban J connectivity index is 3.05. The van der Waals surface area contributed by atoms with Gasteiger partial charge in [0.15, 0.2) is 6.29 Å². The SMILES string of the molecule is Cc1cc(Br)cc(C=O)c1OCCF. The van der Waals surface area contributed by atoms with E-state index < -0.39 is 6.67 Å². The Labute approximate surface area is 90.2 Å². The molecule has 0 amide bonds. The van der Waals surface area contributed by atoms with Gasteiger partial charge in [-0.1, -0.05) is 15.9 Å². The highest BCUT2D eigenvalue weighted by molar-refractivity contribution is 9.10. The predicted octanol–water partition coefficient (Wildman–Crippen LogP) is 2.92. The van der Waals surface area contributed by atoms with Gasteiger partial charge in [-0.25, -0.2) is 4.39 Å². The summed E-state index contributed by atoms with van der Waals surface area (Å²) >= 11 is 3.27. The van der Waals surface area contributed by atoms with Gasteiger partial charge in [0, 0.05) is 4.47 Å². The standard InChI is InChI=1S/C10H10BrFO2/c1-7-4-9(11)5-8(6-13)10(7)14-3-2-12/h4-6H,2-3H2,1H3. The maximum atomic E-state index is 11.9. The molecule has 0 unspecified atom stereocenters. The summed E-state index contributed by atoms with van der Waals surface area (Å²) in [6, 6.07) is 3.47. The monoisotopic (exact) mass is 260 g/mol. The molecule has 0 spiro atoms. The average molecular weight is 261 g/mol. The van der Waals surface area contributed by atoms with Crippen molar-refractivity contribution in [3.8, 4) is 5.75 Å². The Morgan fingerprint density at radius 1 is 1.57 bits per heavy atom. The molecule has 0 aliphatic carbocycles. The van der Waals surface area contributed by atoms with Gasteiger partial charge in [0.25, 0.3) is 0 Å². The topological polar surface area (TPSA) is 26.3 Å². The van der Waals surface area contributed by atoms with Gasteiger partial charge < -0.3 is 4.74 Å². The summed E-state index contributed by atoms with van der Waals surface area (Å²) in [7, 11) is 0. The van der Waals surface area contributed by atoms with Gasteiger partial charge in [-0.15, -0.1) is 0 Å². The minimum Gasteiger partial charge on any atom is -0.490 e. The molecule has 1 aromatic rings. The first-order chi connectivity index (χ1) is 6.69. The molecule has 2 nitrogen and oxygen atoms in total. The van der Waals surface area contributed by atoms with Crippen molar-refractivity contribution in [3.63, 3.8) is 0 Å². The number of halogens is 2. The Hall–Kier alpha value is -0.900. The van der Waals surface area contributed by atoms with E-state index in [2.05, 4.69) is 15.9 Å². The first-order valence-electron chi connectivity index (χ1n) is 4.13. The first-order valence-corrected chi connectivity index (χ1v) is 4.92. The van der Waals surface area contributed by atoms with Crippen molar-refractivity contribution in [2.75, 3.05) is 13.3 Å². The fraction of sp³-hybridized carbons (Fsp3) is 0.300. The zero-order chi connectivity index (χ0) is 10.6. The molecule has 0 N–H and O–H groups in total. The van der Waals surface area contributed by atoms with E-state index in [4.69, 9.17) is 4.74 Å². The number of ether oxygens (including phenoxy) is 1. The first kappa shape index (κ1) is 11.2. The molecule has 1 rings (SSSR count). The molecular weight excluding hydrogens is 251 g/mol. The highest BCUT2D eigenvalue weighted by Crippen LogP contribution is 2.26. The number of hydrogen-bond acceptors (Lipinski definition) is 2. The Bertz CT molecular complexity index is 339. The molecule has 0 atom stereocenters. The van der Waals surface area contributed by atoms with E-state index in [9.17, 15) is 9.18 Å². The molecule has 0 bridgehead atoms. The number of carbonyl (C=O) groups is 1. The molecule has 14 heavy (non-hydrogen) atoms. The minimum atomic E-state index is -0.562. The van der Waals surface area contributed by atoms with Crippen LogP contribution in [0.4, 0.5) is 4.39 Å². The average Bonchev–Trinajstić information content (AvgIpc) is 2.15. The van der Waals surface area contributed by atoms with E-state index in [0.717, 1.165) is 10.0 Å². The number of rotatable bonds is 4. The number of carbonyl (C=O) groups excluding carboxylic acids is 1. The van der Waals surface area contributed by atoms with Gasteiger partial charge in [-0.2, -0.15) is 0 Å². The summed E-state index contributed by atoms with van der Waals surface area (Å²) < 4.78 is 17.8. The zero-order valence-corrected chi connectivity index (χ0v) is 9.30. The zero-order valence-electron chi connectivity index (χ0n) is 7.72. The van der Waals surface area contributed by atoms with E-state index in [0.29, 0.717) is 17.6 Å². The molecule has 0 aliphatic heterocycles. The lowest BCUT2D eigenvalue weighted by Gasteiger charge is -2.10. The van der Waals surface area contributed by atoms with Crippen LogP contribution in [0.25, 0.3) is 0 Å². The van der Waals surface area contributed by atoms with Gasteiger partial charge in [0.2, 0.25) is 0 Å². The van der Waals surface area contributed by atoms with Crippen molar-refractivity contribution in [2.45, 2.75) is 6.92 Å². The molecule has 0 heterocycles. The van der Waals surface area contributed by atoms with Crippen LogP contribution in [-0.2, 0) is 0 Å². The number of hydrogen-bond donors (Lipinski definition) is 0. The summed E-state index contributed by atoms with van der Waals surface area (Å²) in [6.07, 6.45) is 0.700. The van der Waals surface area contributed by atoms with E-state index >= 15 is 0 Å². The third-order valence-electron chi connectivity index (χ3n) is 1.72. The van der Waals surface area contributed by atoms with Gasteiger partial charge >= 0.3 is 0 Å². The highest BCUT2D eigenvalue weighted by Gasteiger charge is 2.07. The van der Waals surface area contributed by atoms with Crippen molar-refractivity contribution in [3.05, 3.63) is 27.7 Å². The van der Waals surface area contributed by atoms with Gasteiger partial charge in [-0.05, 0) is 24.6 Å². The second kappa shape index (κ2) is 5.10. The predicted molar refractivity (Wildman–Crippen MR) is 55.7 cm³/mol. The largest absolute Gasteiger partial charge is 0.490 e. The van der Waals surface area contributed by atoms with E-state index in [1.54, 1.807) is 6.07 Å². The Morgan fingerprint density at radius 2 is 2.29 bits per heavy atom. The Morgan fingerprint density at radius 3 is 2.86 bits per heavy atom. The van der Waals surface area contributed by atoms with Crippen LogP contribution in [0.15, 0.2) is 16.6 Å². The van der Waals surface area contributed by atoms with Crippen molar-refractivity contribution < 1.29 is 13.9 Å². The molecular formula is C10H10BrFO2. The molecule has 76 valence electrons. The highest BCUT2D eigenvalue weighted by atomic mass is 79.9. The molecule has 0 saturated heterocycles. The number of aryl methyl sites for hydroxylation is 1. The van der Waals surface area contributed by atoms with Crippen molar-refractivity contribution in [1.29, 1.82) is 0 Å². The lowest BCUT2D eigenvalue weighted by molar-refractivity contribution is 0.111. The van der Waals surface area contributed by atoms with Gasteiger partial charge in [0.1, 0.15) is 19.0 Å². The summed E-state index contributed by atoms with van der Waals surface area (Å²) in [5.74, 6) is 0.459. The maximum Gasteiger partial charge on any atom is 0.153 e. The quantitative estimate of drug-likeness (QED) is 0.779. The number of benzene rings is 1. The number of aldehydes is 1. The van der Waals surface area contributed by atoms with E-state index in [1.165, 1.54) is 0 Å². The van der Waals surface area contributed by atoms with Crippen LogP contribution in [0.3, 0.4) is 0 Å². The second-order valence-corrected chi connectivity index (χ2v) is 3.71. The molecule has 0 fully saturated rings. The molecule has 4 heteroatoms. The van der Waals surface area contributed by atoms with E-state index in [-0.39, 0.29) is 6.61 Å². The third-order valence-corrected chi connectivity index (χ3v) is 2.18. The van der Waals surface area contributed by atoms with Crippen molar-refractivity contribution in [1.82, 2.24) is 0 Å². The molecule has 0 radical (unpaired) electrons. The van der Waals surface area contributed by atoms with Crippen molar-refractivity contribution in [2.24, 2.45) is 0 Å². The fourth-order valence-corrected chi connectivity index (χ4v) is 1.77. The summed E-state index contributed by atoms with van der Waals surface area (Å²) in [4.78, 5) is 10.7. The molecule has 0 aliphatic rings. The van der Waals surface area contributed by atoms with Crippen LogP contribution in [0, 0.1) is 6.92 Å². The summed E-state index contributed by atoms with van der Waals surface area (Å²) in [6.45, 7) is 1.22. The minimum absolute atomic E-state index is 0.0245. The van der Waals surface area contributed by atoms with E-state index in [1.807, 2.05) is 13.0 Å². The third kappa shape index (κ3) is 2.54. The Kier molecular flexibility index (Phi) is 4.07. The fourth-order valence-electron chi connectivity index (χ4n) is 1.18. The van der Waals surface area contributed by atoms with Gasteiger partial charge in [-0.3, -0.25) is 4.79 Å². The van der Waals surface area contributed by atoms with Crippen LogP contribution in [0.1, 0.15) is 15.9 Å². The summed E-state index contributed by atoms with van der Waals surface area (Å²) in [5.41, 5.74) is 1.25. The second-order valence-electron chi connectivity index (χ2n) is 2.80. The van der Waals surface area contributed by atoms with Crippen molar-refractivity contribution >= 4 is 22.2 Å². The lowest BCUT2D eigenvalue weighted by atomic mass is 10.1. The van der Waals surface area contributed by atoms with Crippen LogP contribution >= 0.6 is 15.9 Å². The molecule has 1 aromatic carbocycles. The van der Waals surface area contributed by atoms with Crippen LogP contribution in [0.2, 0.25) is 0 Å².